The van der Waals surface area contributed by atoms with Gasteiger partial charge >= 0.3 is 0 Å². The minimum atomic E-state index is -3.00. The third-order valence-electron chi connectivity index (χ3n) is 4.52. The second kappa shape index (κ2) is 7.91. The summed E-state index contributed by atoms with van der Waals surface area (Å²) in [5.74, 6) is -3.24. The van der Waals surface area contributed by atoms with E-state index in [4.69, 9.17) is 0 Å². The number of rotatable bonds is 6. The Morgan fingerprint density at radius 3 is 2.79 bits per heavy atom. The van der Waals surface area contributed by atoms with E-state index in [1.54, 1.807) is 11.1 Å². The van der Waals surface area contributed by atoms with E-state index in [-0.39, 0.29) is 17.5 Å². The number of hydrogen-bond donors (Lipinski definition) is 3. The van der Waals surface area contributed by atoms with Gasteiger partial charge in [0.05, 0.1) is 18.3 Å². The molecule has 0 aliphatic carbocycles. The van der Waals surface area contributed by atoms with Crippen molar-refractivity contribution in [2.75, 3.05) is 25.0 Å². The highest BCUT2D eigenvalue weighted by Crippen LogP contribution is 2.20. The first kappa shape index (κ1) is 19.7. The molecule has 28 heavy (non-hydrogen) atoms. The van der Waals surface area contributed by atoms with Crippen molar-refractivity contribution in [2.24, 2.45) is 0 Å². The number of aromatic amines is 1. The van der Waals surface area contributed by atoms with Crippen molar-refractivity contribution in [2.45, 2.75) is 31.7 Å². The molecule has 0 aromatic carbocycles. The van der Waals surface area contributed by atoms with Crippen LogP contribution in [0.1, 0.15) is 30.1 Å². The second-order valence-electron chi connectivity index (χ2n) is 6.86. The van der Waals surface area contributed by atoms with Crippen LogP contribution in [0.2, 0.25) is 0 Å². The first-order chi connectivity index (χ1) is 13.3. The normalized spacial score (nSPS) is 15.5. The molecule has 150 valence electrons. The van der Waals surface area contributed by atoms with E-state index in [9.17, 15) is 18.4 Å². The highest BCUT2D eigenvalue weighted by atomic mass is 19.3. The Morgan fingerprint density at radius 1 is 1.43 bits per heavy atom. The summed E-state index contributed by atoms with van der Waals surface area (Å²) in [6, 6.07) is 0.107. The molecule has 10 heteroatoms. The SMILES string of the molecule is C=CC(=O)N1CCC(Nc2cnc3[nH]cc(C(=O)NCC(C)(F)F)c3n2)CC1. The number of anilines is 1. The predicted octanol–water partition coefficient (Wildman–Crippen LogP) is 1.93. The quantitative estimate of drug-likeness (QED) is 0.652. The molecule has 1 aliphatic rings. The lowest BCUT2D eigenvalue weighted by molar-refractivity contribution is -0.126. The number of carbonyl (C=O) groups is 2. The number of alkyl halides is 2. The van der Waals surface area contributed by atoms with Gasteiger partial charge in [-0.05, 0) is 18.9 Å². The van der Waals surface area contributed by atoms with Gasteiger partial charge in [-0.15, -0.1) is 0 Å². The number of carbonyl (C=O) groups excluding carboxylic acids is 2. The molecule has 3 heterocycles. The maximum Gasteiger partial charge on any atom is 0.262 e. The molecule has 0 unspecified atom stereocenters. The third kappa shape index (κ3) is 4.62. The first-order valence-electron chi connectivity index (χ1n) is 8.95. The van der Waals surface area contributed by atoms with E-state index in [1.165, 1.54) is 12.3 Å². The van der Waals surface area contributed by atoms with Crippen LogP contribution in [0.3, 0.4) is 0 Å². The smallest absolute Gasteiger partial charge is 0.262 e. The van der Waals surface area contributed by atoms with Crippen LogP contribution in [0.25, 0.3) is 11.2 Å². The van der Waals surface area contributed by atoms with Crippen LogP contribution in [0.5, 0.6) is 0 Å². The van der Waals surface area contributed by atoms with Crippen LogP contribution in [0.15, 0.2) is 25.0 Å². The van der Waals surface area contributed by atoms with E-state index in [2.05, 4.69) is 32.2 Å². The zero-order chi connectivity index (χ0) is 20.3. The van der Waals surface area contributed by atoms with Crippen LogP contribution >= 0.6 is 0 Å². The molecule has 1 saturated heterocycles. The Labute approximate surface area is 160 Å². The summed E-state index contributed by atoms with van der Waals surface area (Å²) in [4.78, 5) is 37.0. The standard InChI is InChI=1S/C18H22F2N6O2/c1-3-14(27)26-6-4-11(5-7-26)24-13-9-22-16-15(25-13)12(8-21-16)17(28)23-10-18(2,19)20/h3,8-9,11H,1,4-7,10H2,2H3,(H,21,22)(H,23,28)(H,24,25). The number of aromatic nitrogens is 3. The van der Waals surface area contributed by atoms with Gasteiger partial charge in [-0.2, -0.15) is 0 Å². The predicted molar refractivity (Wildman–Crippen MR) is 100 cm³/mol. The van der Waals surface area contributed by atoms with Crippen LogP contribution < -0.4 is 10.6 Å². The molecule has 2 amide bonds. The number of H-pyrrole nitrogens is 1. The second-order valence-corrected chi connectivity index (χ2v) is 6.86. The Bertz CT molecular complexity index is 884. The largest absolute Gasteiger partial charge is 0.366 e. The highest BCUT2D eigenvalue weighted by molar-refractivity contribution is 6.04. The first-order valence-corrected chi connectivity index (χ1v) is 8.95. The van der Waals surface area contributed by atoms with Crippen molar-refractivity contribution >= 4 is 28.8 Å². The van der Waals surface area contributed by atoms with Gasteiger partial charge in [0.1, 0.15) is 11.3 Å². The van der Waals surface area contributed by atoms with E-state index >= 15 is 0 Å². The molecule has 1 aliphatic heterocycles. The Kier molecular flexibility index (Phi) is 5.57. The molecular weight excluding hydrogens is 370 g/mol. The van der Waals surface area contributed by atoms with Gasteiger partial charge < -0.3 is 20.5 Å². The van der Waals surface area contributed by atoms with Crippen LogP contribution in [0.4, 0.5) is 14.6 Å². The van der Waals surface area contributed by atoms with Crippen LogP contribution in [-0.4, -0.2) is 63.3 Å². The van der Waals surface area contributed by atoms with Crippen molar-refractivity contribution in [3.63, 3.8) is 0 Å². The molecule has 3 N–H and O–H groups in total. The molecule has 0 atom stereocenters. The minimum absolute atomic E-state index is 0.0831. The van der Waals surface area contributed by atoms with Crippen molar-refractivity contribution in [3.05, 3.63) is 30.6 Å². The van der Waals surface area contributed by atoms with Gasteiger partial charge in [0, 0.05) is 32.3 Å². The maximum atomic E-state index is 13.0. The summed E-state index contributed by atoms with van der Waals surface area (Å²) < 4.78 is 25.9. The zero-order valence-corrected chi connectivity index (χ0v) is 15.5. The number of halogens is 2. The Hall–Kier alpha value is -3.04. The number of amides is 2. The van der Waals surface area contributed by atoms with Gasteiger partial charge in [-0.25, -0.2) is 18.7 Å². The monoisotopic (exact) mass is 392 g/mol. The van der Waals surface area contributed by atoms with Gasteiger partial charge in [0.25, 0.3) is 11.8 Å². The molecule has 0 spiro atoms. The topological polar surface area (TPSA) is 103 Å². The van der Waals surface area contributed by atoms with Crippen LogP contribution in [-0.2, 0) is 4.79 Å². The lowest BCUT2D eigenvalue weighted by atomic mass is 10.1. The van der Waals surface area contributed by atoms with Crippen molar-refractivity contribution in [3.8, 4) is 0 Å². The van der Waals surface area contributed by atoms with Gasteiger partial charge in [-0.1, -0.05) is 6.58 Å². The zero-order valence-electron chi connectivity index (χ0n) is 15.5. The molecule has 8 nitrogen and oxygen atoms in total. The van der Waals surface area contributed by atoms with Crippen molar-refractivity contribution in [1.82, 2.24) is 25.2 Å². The summed E-state index contributed by atoms with van der Waals surface area (Å²) in [6.45, 7) is 4.69. The summed E-state index contributed by atoms with van der Waals surface area (Å²) in [7, 11) is 0. The molecule has 2 aromatic heterocycles. The molecule has 0 radical (unpaired) electrons. The summed E-state index contributed by atoms with van der Waals surface area (Å²) >= 11 is 0. The number of hydrogen-bond acceptors (Lipinski definition) is 5. The summed E-state index contributed by atoms with van der Waals surface area (Å²) in [6.07, 6.45) is 5.73. The van der Waals surface area contributed by atoms with Gasteiger partial charge in [-0.3, -0.25) is 9.59 Å². The average molecular weight is 392 g/mol. The van der Waals surface area contributed by atoms with E-state index in [1.807, 2.05) is 0 Å². The average Bonchev–Trinajstić information content (AvgIpc) is 3.09. The van der Waals surface area contributed by atoms with E-state index in [0.29, 0.717) is 30.1 Å². The van der Waals surface area contributed by atoms with Gasteiger partial charge in [0.15, 0.2) is 5.65 Å². The van der Waals surface area contributed by atoms with Gasteiger partial charge in [0.2, 0.25) is 5.91 Å². The fourth-order valence-electron chi connectivity index (χ4n) is 3.05. The van der Waals surface area contributed by atoms with E-state index < -0.39 is 18.4 Å². The van der Waals surface area contributed by atoms with E-state index in [0.717, 1.165) is 19.8 Å². The number of nitrogens with zero attached hydrogens (tertiary/aromatic N) is 3. The number of nitrogens with one attached hydrogen (secondary N) is 3. The lowest BCUT2D eigenvalue weighted by Gasteiger charge is -2.31. The third-order valence-corrected chi connectivity index (χ3v) is 4.52. The number of likely N-dealkylation sites (tertiary alicyclic amines) is 1. The number of piperidine rings is 1. The maximum absolute atomic E-state index is 13.0. The Morgan fingerprint density at radius 2 is 2.14 bits per heavy atom. The van der Waals surface area contributed by atoms with Crippen molar-refractivity contribution < 1.29 is 18.4 Å². The number of fused-ring (bicyclic) bond motifs is 1. The lowest BCUT2D eigenvalue weighted by Crippen LogP contribution is -2.41. The molecule has 2 aromatic rings. The molecule has 0 saturated carbocycles. The minimum Gasteiger partial charge on any atom is -0.366 e. The van der Waals surface area contributed by atoms with Crippen molar-refractivity contribution in [1.29, 1.82) is 0 Å². The molecule has 1 fully saturated rings. The molecule has 3 rings (SSSR count). The molecule has 0 bridgehead atoms. The molecular formula is C18H22F2N6O2. The summed E-state index contributed by atoms with van der Waals surface area (Å²) in [5, 5.41) is 5.46. The summed E-state index contributed by atoms with van der Waals surface area (Å²) in [5.41, 5.74) is 0.855. The van der Waals surface area contributed by atoms with Crippen LogP contribution in [0, 0.1) is 0 Å². The Balaban J connectivity index is 1.68. The highest BCUT2D eigenvalue weighted by Gasteiger charge is 2.24. The fraction of sp³-hybridized carbons (Fsp3) is 0.444. The fourth-order valence-corrected chi connectivity index (χ4v) is 3.05.